The molecule has 0 spiro atoms. The van der Waals surface area contributed by atoms with Crippen LogP contribution in [0.2, 0.25) is 10.0 Å². The summed E-state index contributed by atoms with van der Waals surface area (Å²) in [4.78, 5) is 13.6. The van der Waals surface area contributed by atoms with Gasteiger partial charge in [0.15, 0.2) is 0 Å². The van der Waals surface area contributed by atoms with E-state index in [1.165, 1.54) is 4.90 Å². The normalized spacial score (nSPS) is 10.2. The number of ether oxygens (including phenoxy) is 1. The van der Waals surface area contributed by atoms with E-state index in [9.17, 15) is 4.79 Å². The SMILES string of the molecule is CCOC(=O)N(c1ccccc1)c1ccc(Cl)c(Cl)c1. The standard InChI is InChI=1S/C15H13Cl2NO2/c1-2-20-15(19)18(11-6-4-3-5-7-11)12-8-9-13(16)14(17)10-12/h3-10H,2H2,1H3. The molecule has 5 heteroatoms. The van der Waals surface area contributed by atoms with Crippen LogP contribution < -0.4 is 4.90 Å². The summed E-state index contributed by atoms with van der Waals surface area (Å²) >= 11 is 11.9. The maximum absolute atomic E-state index is 12.2. The van der Waals surface area contributed by atoms with Crippen LogP contribution in [0.1, 0.15) is 6.92 Å². The second-order valence-corrected chi connectivity index (χ2v) is 4.78. The average Bonchev–Trinajstić information content (AvgIpc) is 2.44. The summed E-state index contributed by atoms with van der Waals surface area (Å²) in [5.41, 5.74) is 1.30. The Balaban J connectivity index is 2.46. The van der Waals surface area contributed by atoms with Gasteiger partial charge in [0.05, 0.1) is 28.0 Å². The smallest absolute Gasteiger partial charge is 0.418 e. The van der Waals surface area contributed by atoms with Gasteiger partial charge < -0.3 is 4.74 Å². The number of para-hydroxylation sites is 1. The van der Waals surface area contributed by atoms with Gasteiger partial charge in [-0.15, -0.1) is 0 Å². The van der Waals surface area contributed by atoms with Crippen molar-refractivity contribution in [1.29, 1.82) is 0 Å². The maximum Gasteiger partial charge on any atom is 0.418 e. The highest BCUT2D eigenvalue weighted by Crippen LogP contribution is 2.31. The Morgan fingerprint density at radius 1 is 1.05 bits per heavy atom. The average molecular weight is 310 g/mol. The minimum atomic E-state index is -0.461. The predicted octanol–water partition coefficient (Wildman–Crippen LogP) is 5.29. The predicted molar refractivity (Wildman–Crippen MR) is 82.1 cm³/mol. The van der Waals surface area contributed by atoms with Crippen molar-refractivity contribution in [2.45, 2.75) is 6.92 Å². The molecule has 0 N–H and O–H groups in total. The number of benzene rings is 2. The van der Waals surface area contributed by atoms with Crippen molar-refractivity contribution in [2.75, 3.05) is 11.5 Å². The Labute approximate surface area is 127 Å². The first kappa shape index (κ1) is 14.7. The molecule has 3 nitrogen and oxygen atoms in total. The summed E-state index contributed by atoms with van der Waals surface area (Å²) < 4.78 is 5.09. The van der Waals surface area contributed by atoms with Gasteiger partial charge in [0.2, 0.25) is 0 Å². The number of hydrogen-bond donors (Lipinski definition) is 0. The summed E-state index contributed by atoms with van der Waals surface area (Å²) in [5, 5.41) is 0.821. The minimum absolute atomic E-state index is 0.295. The number of anilines is 2. The quantitative estimate of drug-likeness (QED) is 0.771. The number of nitrogens with zero attached hydrogens (tertiary/aromatic N) is 1. The fraction of sp³-hybridized carbons (Fsp3) is 0.133. The van der Waals surface area contributed by atoms with E-state index < -0.39 is 6.09 Å². The largest absolute Gasteiger partial charge is 0.449 e. The Morgan fingerprint density at radius 3 is 2.35 bits per heavy atom. The van der Waals surface area contributed by atoms with Gasteiger partial charge in [-0.25, -0.2) is 9.69 Å². The molecular weight excluding hydrogens is 297 g/mol. The van der Waals surface area contributed by atoms with Crippen LogP contribution in [0.4, 0.5) is 16.2 Å². The minimum Gasteiger partial charge on any atom is -0.449 e. The number of rotatable bonds is 3. The molecule has 0 bridgehead atoms. The van der Waals surface area contributed by atoms with Crippen LogP contribution in [0.3, 0.4) is 0 Å². The van der Waals surface area contributed by atoms with Gasteiger partial charge >= 0.3 is 6.09 Å². The van der Waals surface area contributed by atoms with Gasteiger partial charge in [-0.05, 0) is 37.3 Å². The molecule has 0 radical (unpaired) electrons. The topological polar surface area (TPSA) is 29.5 Å². The van der Waals surface area contributed by atoms with E-state index in [-0.39, 0.29) is 0 Å². The Morgan fingerprint density at radius 2 is 1.75 bits per heavy atom. The van der Waals surface area contributed by atoms with Crippen molar-refractivity contribution in [1.82, 2.24) is 0 Å². The van der Waals surface area contributed by atoms with Crippen molar-refractivity contribution in [3.63, 3.8) is 0 Å². The second-order valence-electron chi connectivity index (χ2n) is 3.97. The summed E-state index contributed by atoms with van der Waals surface area (Å²) in [6.45, 7) is 2.05. The van der Waals surface area contributed by atoms with E-state index in [4.69, 9.17) is 27.9 Å². The molecule has 2 rings (SSSR count). The lowest BCUT2D eigenvalue weighted by Crippen LogP contribution is -2.26. The van der Waals surface area contributed by atoms with Gasteiger partial charge in [-0.1, -0.05) is 41.4 Å². The van der Waals surface area contributed by atoms with Crippen LogP contribution in [0.25, 0.3) is 0 Å². The zero-order chi connectivity index (χ0) is 14.5. The molecule has 104 valence electrons. The Bertz CT molecular complexity index is 602. The van der Waals surface area contributed by atoms with Crippen LogP contribution in [0.15, 0.2) is 48.5 Å². The van der Waals surface area contributed by atoms with Crippen LogP contribution in [-0.4, -0.2) is 12.7 Å². The monoisotopic (exact) mass is 309 g/mol. The van der Waals surface area contributed by atoms with Crippen molar-refractivity contribution in [2.24, 2.45) is 0 Å². The number of halogens is 2. The summed E-state index contributed by atoms with van der Waals surface area (Å²) in [5.74, 6) is 0. The molecule has 0 aliphatic rings. The van der Waals surface area contributed by atoms with Crippen LogP contribution in [0.5, 0.6) is 0 Å². The van der Waals surface area contributed by atoms with Crippen molar-refractivity contribution >= 4 is 40.7 Å². The van der Waals surface area contributed by atoms with Gasteiger partial charge in [0.1, 0.15) is 0 Å². The number of carbonyl (C=O) groups excluding carboxylic acids is 1. The summed E-state index contributed by atoms with van der Waals surface area (Å²) in [7, 11) is 0. The molecule has 2 aromatic rings. The van der Waals surface area contributed by atoms with Crippen LogP contribution in [0, 0.1) is 0 Å². The molecular formula is C15H13Cl2NO2. The maximum atomic E-state index is 12.2. The number of carbonyl (C=O) groups is 1. The highest BCUT2D eigenvalue weighted by Gasteiger charge is 2.19. The lowest BCUT2D eigenvalue weighted by Gasteiger charge is -2.22. The molecule has 20 heavy (non-hydrogen) atoms. The summed E-state index contributed by atoms with van der Waals surface area (Å²) in [6.07, 6.45) is -0.461. The number of hydrogen-bond acceptors (Lipinski definition) is 2. The molecule has 0 aliphatic heterocycles. The van der Waals surface area contributed by atoms with Crippen molar-refractivity contribution in [3.8, 4) is 0 Å². The van der Waals surface area contributed by atoms with Gasteiger partial charge in [-0.2, -0.15) is 0 Å². The van der Waals surface area contributed by atoms with E-state index in [1.54, 1.807) is 25.1 Å². The highest BCUT2D eigenvalue weighted by molar-refractivity contribution is 6.42. The second kappa shape index (κ2) is 6.64. The highest BCUT2D eigenvalue weighted by atomic mass is 35.5. The first-order valence-electron chi connectivity index (χ1n) is 6.10. The molecule has 0 aliphatic carbocycles. The molecule has 0 saturated heterocycles. The van der Waals surface area contributed by atoms with Gasteiger partial charge in [-0.3, -0.25) is 0 Å². The molecule has 2 aromatic carbocycles. The van der Waals surface area contributed by atoms with Gasteiger partial charge in [0.25, 0.3) is 0 Å². The zero-order valence-corrected chi connectivity index (χ0v) is 12.4. The third-order valence-corrected chi connectivity index (χ3v) is 3.37. The van der Waals surface area contributed by atoms with E-state index >= 15 is 0 Å². The molecule has 0 aromatic heterocycles. The number of amides is 1. The third kappa shape index (κ3) is 3.24. The summed E-state index contributed by atoms with van der Waals surface area (Å²) in [6, 6.07) is 14.2. The van der Waals surface area contributed by atoms with E-state index in [0.29, 0.717) is 28.0 Å². The molecule has 0 atom stereocenters. The Kier molecular flexibility index (Phi) is 4.88. The first-order chi connectivity index (χ1) is 9.63. The van der Waals surface area contributed by atoms with Crippen LogP contribution >= 0.6 is 23.2 Å². The third-order valence-electron chi connectivity index (χ3n) is 2.63. The molecule has 0 heterocycles. The van der Waals surface area contributed by atoms with Gasteiger partial charge in [0, 0.05) is 0 Å². The van der Waals surface area contributed by atoms with Crippen molar-refractivity contribution in [3.05, 3.63) is 58.6 Å². The van der Waals surface area contributed by atoms with E-state index in [2.05, 4.69) is 0 Å². The Hall–Kier alpha value is -1.71. The lowest BCUT2D eigenvalue weighted by molar-refractivity contribution is 0.162. The molecule has 1 amide bonds. The molecule has 0 fully saturated rings. The fourth-order valence-corrected chi connectivity index (χ4v) is 2.04. The molecule has 0 unspecified atom stereocenters. The lowest BCUT2D eigenvalue weighted by atomic mass is 10.2. The first-order valence-corrected chi connectivity index (χ1v) is 6.86. The fourth-order valence-electron chi connectivity index (χ4n) is 1.75. The zero-order valence-electron chi connectivity index (χ0n) is 10.8. The van der Waals surface area contributed by atoms with Crippen molar-refractivity contribution < 1.29 is 9.53 Å². The van der Waals surface area contributed by atoms with E-state index in [0.717, 1.165) is 0 Å². The van der Waals surface area contributed by atoms with Crippen LogP contribution in [-0.2, 0) is 4.74 Å². The molecule has 0 saturated carbocycles. The van der Waals surface area contributed by atoms with E-state index in [1.807, 2.05) is 30.3 Å².